The van der Waals surface area contributed by atoms with Crippen LogP contribution in [0.5, 0.6) is 0 Å². The zero-order valence-corrected chi connectivity index (χ0v) is 11.2. The number of fused-ring (bicyclic) bond motifs is 1. The number of piperidine rings is 1. The summed E-state index contributed by atoms with van der Waals surface area (Å²) in [6.45, 7) is 4.45. The van der Waals surface area contributed by atoms with E-state index in [0.717, 1.165) is 12.8 Å². The zero-order valence-electron chi connectivity index (χ0n) is 11.2. The fourth-order valence-electron chi connectivity index (χ4n) is 3.93. The molecular formula is C14H22N2O2. The van der Waals surface area contributed by atoms with E-state index in [-0.39, 0.29) is 35.1 Å². The highest BCUT2D eigenvalue weighted by molar-refractivity contribution is 6.10. The molecule has 3 aliphatic rings. The number of hydrogen-bond donors (Lipinski definition) is 1. The average molecular weight is 250 g/mol. The summed E-state index contributed by atoms with van der Waals surface area (Å²) in [6, 6.07) is -0.0268. The van der Waals surface area contributed by atoms with Crippen LogP contribution in [0, 0.1) is 23.2 Å². The van der Waals surface area contributed by atoms with Crippen molar-refractivity contribution in [3.8, 4) is 0 Å². The smallest absolute Gasteiger partial charge is 0.233 e. The topological polar surface area (TPSA) is 63.4 Å². The van der Waals surface area contributed by atoms with Crippen molar-refractivity contribution in [1.29, 1.82) is 0 Å². The Hall–Kier alpha value is -0.900. The van der Waals surface area contributed by atoms with Crippen LogP contribution in [-0.4, -0.2) is 29.3 Å². The van der Waals surface area contributed by atoms with E-state index in [2.05, 4.69) is 0 Å². The molecule has 0 aromatic carbocycles. The van der Waals surface area contributed by atoms with Gasteiger partial charge in [0.25, 0.3) is 0 Å². The van der Waals surface area contributed by atoms with Gasteiger partial charge in [0.05, 0.1) is 11.8 Å². The summed E-state index contributed by atoms with van der Waals surface area (Å²) in [7, 11) is 0. The lowest BCUT2D eigenvalue weighted by Crippen LogP contribution is -2.46. The maximum Gasteiger partial charge on any atom is 0.233 e. The third kappa shape index (κ3) is 1.54. The summed E-state index contributed by atoms with van der Waals surface area (Å²) < 4.78 is 0. The molecule has 4 heteroatoms. The highest BCUT2D eigenvalue weighted by Crippen LogP contribution is 2.63. The molecule has 2 aliphatic carbocycles. The highest BCUT2D eigenvalue weighted by atomic mass is 16.2. The summed E-state index contributed by atoms with van der Waals surface area (Å²) in [6.07, 6.45) is 4.77. The number of nitrogens with two attached hydrogens (primary N) is 1. The largest absolute Gasteiger partial charge is 0.326 e. The molecule has 1 aliphatic heterocycles. The van der Waals surface area contributed by atoms with Gasteiger partial charge in [0.1, 0.15) is 0 Å². The fourth-order valence-corrected chi connectivity index (χ4v) is 3.93. The summed E-state index contributed by atoms with van der Waals surface area (Å²) >= 11 is 0. The Morgan fingerprint density at radius 2 is 1.72 bits per heavy atom. The van der Waals surface area contributed by atoms with Crippen LogP contribution in [0.4, 0.5) is 0 Å². The van der Waals surface area contributed by atoms with Crippen LogP contribution in [-0.2, 0) is 9.59 Å². The summed E-state index contributed by atoms with van der Waals surface area (Å²) in [5.41, 5.74) is 6.06. The maximum atomic E-state index is 12.2. The maximum absolute atomic E-state index is 12.2. The van der Waals surface area contributed by atoms with Crippen LogP contribution in [0.25, 0.3) is 0 Å². The second-order valence-corrected chi connectivity index (χ2v) is 6.77. The molecule has 2 saturated carbocycles. The van der Waals surface area contributed by atoms with E-state index in [4.69, 9.17) is 5.73 Å². The predicted molar refractivity (Wildman–Crippen MR) is 67.4 cm³/mol. The van der Waals surface area contributed by atoms with E-state index in [1.807, 2.05) is 13.8 Å². The van der Waals surface area contributed by atoms with E-state index in [1.165, 1.54) is 17.7 Å². The summed E-state index contributed by atoms with van der Waals surface area (Å²) in [5.74, 6) is 0.393. The summed E-state index contributed by atoms with van der Waals surface area (Å²) in [4.78, 5) is 25.8. The minimum atomic E-state index is -0.109. The van der Waals surface area contributed by atoms with Crippen molar-refractivity contribution >= 4 is 11.8 Å². The lowest BCUT2D eigenvalue weighted by atomic mass is 9.98. The molecule has 0 spiro atoms. The molecule has 100 valence electrons. The van der Waals surface area contributed by atoms with Crippen molar-refractivity contribution in [2.45, 2.75) is 45.6 Å². The number of rotatable bonds is 3. The molecule has 18 heavy (non-hydrogen) atoms. The Morgan fingerprint density at radius 3 is 2.22 bits per heavy atom. The van der Waals surface area contributed by atoms with Gasteiger partial charge in [-0.3, -0.25) is 14.5 Å². The number of nitrogens with zero attached hydrogens (tertiary/aromatic N) is 1. The number of carbonyl (C=O) groups is 2. The molecule has 1 saturated heterocycles. The molecular weight excluding hydrogens is 228 g/mol. The zero-order chi connectivity index (χ0) is 13.1. The normalized spacial score (nSPS) is 36.1. The minimum absolute atomic E-state index is 0.0171. The van der Waals surface area contributed by atoms with E-state index in [0.29, 0.717) is 12.5 Å². The molecule has 0 radical (unpaired) electrons. The Bertz CT molecular complexity index is 375. The van der Waals surface area contributed by atoms with Crippen LogP contribution in [0.2, 0.25) is 0 Å². The van der Waals surface area contributed by atoms with Gasteiger partial charge in [0.15, 0.2) is 0 Å². The molecule has 4 nitrogen and oxygen atoms in total. The van der Waals surface area contributed by atoms with Gasteiger partial charge in [-0.2, -0.15) is 0 Å². The van der Waals surface area contributed by atoms with Crippen LogP contribution >= 0.6 is 0 Å². The van der Waals surface area contributed by atoms with Gasteiger partial charge < -0.3 is 5.73 Å². The van der Waals surface area contributed by atoms with Crippen LogP contribution in [0.3, 0.4) is 0 Å². The second-order valence-electron chi connectivity index (χ2n) is 6.77. The van der Waals surface area contributed by atoms with Crippen molar-refractivity contribution in [1.82, 2.24) is 4.90 Å². The molecule has 3 atom stereocenters. The SMILES string of the molecule is CC1(C)C2C(=O)N(CC(N)C3CCCC3)C(=O)C21. The van der Waals surface area contributed by atoms with E-state index >= 15 is 0 Å². The van der Waals surface area contributed by atoms with Gasteiger partial charge >= 0.3 is 0 Å². The third-order valence-corrected chi connectivity index (χ3v) is 5.29. The molecule has 3 unspecified atom stereocenters. The molecule has 1 heterocycles. The third-order valence-electron chi connectivity index (χ3n) is 5.29. The molecule has 2 amide bonds. The predicted octanol–water partition coefficient (Wildman–Crippen LogP) is 1.14. The lowest BCUT2D eigenvalue weighted by Gasteiger charge is -2.26. The van der Waals surface area contributed by atoms with Crippen LogP contribution in [0.15, 0.2) is 0 Å². The first-order chi connectivity index (χ1) is 8.44. The minimum Gasteiger partial charge on any atom is -0.326 e. The molecule has 0 aromatic rings. The quantitative estimate of drug-likeness (QED) is 0.764. The Kier molecular flexibility index (Phi) is 2.56. The van der Waals surface area contributed by atoms with Crippen molar-refractivity contribution in [2.24, 2.45) is 28.9 Å². The van der Waals surface area contributed by atoms with Gasteiger partial charge in [-0.1, -0.05) is 26.7 Å². The molecule has 2 N–H and O–H groups in total. The number of amides is 2. The van der Waals surface area contributed by atoms with E-state index in [1.54, 1.807) is 0 Å². The Labute approximate surface area is 108 Å². The average Bonchev–Trinajstić information content (AvgIpc) is 2.74. The second kappa shape index (κ2) is 3.80. The standard InChI is InChI=1S/C14H22N2O2/c1-14(2)10-11(14)13(18)16(12(10)17)7-9(15)8-5-3-4-6-8/h8-11H,3-7,15H2,1-2H3. The Balaban J connectivity index is 1.65. The number of imide groups is 1. The van der Waals surface area contributed by atoms with Crippen LogP contribution < -0.4 is 5.73 Å². The van der Waals surface area contributed by atoms with Crippen molar-refractivity contribution in [3.63, 3.8) is 0 Å². The van der Waals surface area contributed by atoms with E-state index in [9.17, 15) is 9.59 Å². The van der Waals surface area contributed by atoms with Crippen molar-refractivity contribution in [3.05, 3.63) is 0 Å². The van der Waals surface area contributed by atoms with Gasteiger partial charge in [0, 0.05) is 12.6 Å². The molecule has 0 bridgehead atoms. The number of likely N-dealkylation sites (tertiary alicyclic amines) is 1. The van der Waals surface area contributed by atoms with Gasteiger partial charge in [0.2, 0.25) is 11.8 Å². The van der Waals surface area contributed by atoms with E-state index < -0.39 is 0 Å². The van der Waals surface area contributed by atoms with Gasteiger partial charge in [-0.15, -0.1) is 0 Å². The molecule has 3 rings (SSSR count). The van der Waals surface area contributed by atoms with Crippen LogP contribution in [0.1, 0.15) is 39.5 Å². The van der Waals surface area contributed by atoms with Gasteiger partial charge in [-0.25, -0.2) is 0 Å². The van der Waals surface area contributed by atoms with Crippen molar-refractivity contribution in [2.75, 3.05) is 6.54 Å². The number of hydrogen-bond acceptors (Lipinski definition) is 3. The highest BCUT2D eigenvalue weighted by Gasteiger charge is 2.72. The fraction of sp³-hybridized carbons (Fsp3) is 0.857. The lowest BCUT2D eigenvalue weighted by molar-refractivity contribution is -0.143. The first-order valence-electron chi connectivity index (χ1n) is 7.05. The monoisotopic (exact) mass is 250 g/mol. The molecule has 3 fully saturated rings. The summed E-state index contributed by atoms with van der Waals surface area (Å²) in [5, 5.41) is 0. The first-order valence-corrected chi connectivity index (χ1v) is 7.05. The van der Waals surface area contributed by atoms with Gasteiger partial charge in [-0.05, 0) is 24.2 Å². The molecule has 0 aromatic heterocycles. The van der Waals surface area contributed by atoms with Crippen molar-refractivity contribution < 1.29 is 9.59 Å². The Morgan fingerprint density at radius 1 is 1.22 bits per heavy atom. The first kappa shape index (κ1) is 12.2. The number of carbonyl (C=O) groups excluding carboxylic acids is 2.